The first kappa shape index (κ1) is 33.6. The van der Waals surface area contributed by atoms with Crippen molar-refractivity contribution in [3.8, 4) is 0 Å². The van der Waals surface area contributed by atoms with Gasteiger partial charge in [-0.3, -0.25) is 4.79 Å². The van der Waals surface area contributed by atoms with Crippen molar-refractivity contribution < 1.29 is 33.3 Å². The van der Waals surface area contributed by atoms with Crippen LogP contribution in [0.3, 0.4) is 0 Å². The molecule has 0 aromatic carbocycles. The van der Waals surface area contributed by atoms with Crippen LogP contribution in [-0.4, -0.2) is 93.5 Å². The molecule has 3 saturated heterocycles. The molecule has 0 radical (unpaired) electrons. The Labute approximate surface area is 247 Å². The van der Waals surface area contributed by atoms with Gasteiger partial charge in [-0.05, 0) is 51.1 Å². The molecular weight excluding hydrogens is 524 g/mol. The minimum absolute atomic E-state index is 0.0617. The molecule has 3 aliphatic rings. The van der Waals surface area contributed by atoms with E-state index < -0.39 is 0 Å². The minimum Gasteiger partial charge on any atom is -0.469 e. The number of amides is 1. The van der Waals surface area contributed by atoms with Crippen LogP contribution in [0.25, 0.3) is 0 Å². The molecule has 1 N–H and O–H groups in total. The molecule has 234 valence electrons. The Balaban J connectivity index is 1.63. The molecule has 0 aromatic rings. The number of epoxide rings is 1. The van der Waals surface area contributed by atoms with E-state index in [4.69, 9.17) is 23.7 Å². The van der Waals surface area contributed by atoms with Crippen LogP contribution in [-0.2, 0) is 28.5 Å². The third-order valence-corrected chi connectivity index (χ3v) is 9.06. The number of hydrogen-bond donors (Lipinski definition) is 1. The second-order valence-corrected chi connectivity index (χ2v) is 12.4. The van der Waals surface area contributed by atoms with Gasteiger partial charge in [0.1, 0.15) is 6.10 Å². The lowest BCUT2D eigenvalue weighted by Gasteiger charge is -2.41. The molecule has 3 heterocycles. The van der Waals surface area contributed by atoms with Gasteiger partial charge in [0.05, 0.1) is 43.5 Å². The van der Waals surface area contributed by atoms with Crippen LogP contribution in [0.2, 0.25) is 0 Å². The molecule has 0 bridgehead atoms. The first-order valence-corrected chi connectivity index (χ1v) is 15.5. The van der Waals surface area contributed by atoms with E-state index in [0.717, 1.165) is 37.9 Å². The topological polar surface area (TPSA) is 98.9 Å². The Hall–Kier alpha value is -1.94. The Morgan fingerprint density at radius 2 is 1.95 bits per heavy atom. The third kappa shape index (κ3) is 9.27. The summed E-state index contributed by atoms with van der Waals surface area (Å²) in [6.07, 6.45) is 8.88. The zero-order valence-electron chi connectivity index (χ0n) is 26.5. The fourth-order valence-corrected chi connectivity index (χ4v) is 6.60. The van der Waals surface area contributed by atoms with E-state index in [-0.39, 0.29) is 60.5 Å². The van der Waals surface area contributed by atoms with Gasteiger partial charge in [0.15, 0.2) is 0 Å². The second-order valence-electron chi connectivity index (χ2n) is 12.4. The molecule has 0 saturated carbocycles. The lowest BCUT2D eigenvalue weighted by Crippen LogP contribution is -2.48. The van der Waals surface area contributed by atoms with Crippen LogP contribution in [0.1, 0.15) is 73.6 Å². The van der Waals surface area contributed by atoms with E-state index in [9.17, 15) is 9.59 Å². The average molecular weight is 579 g/mol. The van der Waals surface area contributed by atoms with Gasteiger partial charge in [-0.25, -0.2) is 4.79 Å². The first-order chi connectivity index (χ1) is 19.5. The van der Waals surface area contributed by atoms with Crippen molar-refractivity contribution in [2.24, 2.45) is 17.8 Å². The Morgan fingerprint density at radius 3 is 2.63 bits per heavy atom. The van der Waals surface area contributed by atoms with E-state index in [1.807, 2.05) is 6.92 Å². The van der Waals surface area contributed by atoms with Gasteiger partial charge in [-0.15, -0.1) is 0 Å². The summed E-state index contributed by atoms with van der Waals surface area (Å²) in [6.45, 7) is 15.8. The first-order valence-electron chi connectivity index (χ1n) is 15.5. The summed E-state index contributed by atoms with van der Waals surface area (Å²) in [5.41, 5.74) is 0.901. The number of nitrogens with one attached hydrogen (secondary N) is 1. The molecule has 41 heavy (non-hydrogen) atoms. The van der Waals surface area contributed by atoms with Crippen molar-refractivity contribution in [1.82, 2.24) is 10.2 Å². The lowest BCUT2D eigenvalue weighted by molar-refractivity contribution is -0.154. The largest absolute Gasteiger partial charge is 0.469 e. The van der Waals surface area contributed by atoms with Crippen LogP contribution in [0.5, 0.6) is 0 Å². The van der Waals surface area contributed by atoms with Crippen molar-refractivity contribution >= 4 is 12.1 Å². The van der Waals surface area contributed by atoms with Crippen LogP contribution in [0.15, 0.2) is 23.8 Å². The molecule has 9 heteroatoms. The molecule has 0 spiro atoms. The Morgan fingerprint density at radius 1 is 1.20 bits per heavy atom. The fourth-order valence-electron chi connectivity index (χ4n) is 6.60. The molecule has 0 aromatic heterocycles. The van der Waals surface area contributed by atoms with E-state index in [1.165, 1.54) is 7.11 Å². The standard InChI is InChI=1S/C32H54N2O7/c1-9-26(37-7)24(5)30-32(6,41-30)20-21(2)12-10-13-22(3)29-23(4)27(18-25(39-29)19-28(35)38-8)40-31(36)34-16-11-14-33-15-17-34/h10,12-13,21,23-27,29-30,33H,9,11,14-20H2,1-8H3/b12-10+,22-13+/t21-,23+,24-,25-,26+,27-,29-,30?,32-/m1/s1. The van der Waals surface area contributed by atoms with E-state index in [0.29, 0.717) is 31.3 Å². The minimum atomic E-state index is -0.386. The van der Waals surface area contributed by atoms with Gasteiger partial charge in [0, 0.05) is 45.0 Å². The molecule has 3 rings (SSSR count). The summed E-state index contributed by atoms with van der Waals surface area (Å²) >= 11 is 0. The maximum Gasteiger partial charge on any atom is 0.410 e. The number of methoxy groups -OCH3 is 2. The molecule has 3 aliphatic heterocycles. The maximum atomic E-state index is 13.0. The lowest BCUT2D eigenvalue weighted by atomic mass is 9.85. The second kappa shape index (κ2) is 15.5. The molecule has 9 nitrogen and oxygen atoms in total. The van der Waals surface area contributed by atoms with Gasteiger partial charge in [-0.1, -0.05) is 45.9 Å². The SMILES string of the molecule is CC[C@H](OC)[C@@H](C)C1O[C@]1(C)C[C@H](C)/C=C/C=C(\C)[C@H]1O[C@@H](CC(=O)OC)C[C@@H](OC(=O)N2CCCNCC2)[C@@H]1C. The smallest absolute Gasteiger partial charge is 0.410 e. The highest BCUT2D eigenvalue weighted by Crippen LogP contribution is 2.47. The van der Waals surface area contributed by atoms with Crippen LogP contribution in [0, 0.1) is 17.8 Å². The quantitative estimate of drug-likeness (QED) is 0.199. The fraction of sp³-hybridized carbons (Fsp3) is 0.812. The predicted octanol–water partition coefficient (Wildman–Crippen LogP) is 4.89. The van der Waals surface area contributed by atoms with Crippen LogP contribution in [0.4, 0.5) is 4.79 Å². The van der Waals surface area contributed by atoms with E-state index >= 15 is 0 Å². The van der Waals surface area contributed by atoms with Crippen molar-refractivity contribution in [3.63, 3.8) is 0 Å². The highest BCUT2D eigenvalue weighted by Gasteiger charge is 2.56. The number of hydrogen-bond acceptors (Lipinski definition) is 8. The molecule has 0 aliphatic carbocycles. The predicted molar refractivity (Wildman–Crippen MR) is 159 cm³/mol. The van der Waals surface area contributed by atoms with Gasteiger partial charge < -0.3 is 33.9 Å². The summed E-state index contributed by atoms with van der Waals surface area (Å²) in [5, 5.41) is 3.31. The Bertz CT molecular complexity index is 912. The van der Waals surface area contributed by atoms with Crippen LogP contribution < -0.4 is 5.32 Å². The van der Waals surface area contributed by atoms with E-state index in [2.05, 4.69) is 58.2 Å². The Kier molecular flexibility index (Phi) is 12.7. The summed E-state index contributed by atoms with van der Waals surface area (Å²) in [6, 6.07) is 0. The van der Waals surface area contributed by atoms with Crippen molar-refractivity contribution in [3.05, 3.63) is 23.8 Å². The highest BCUT2D eigenvalue weighted by molar-refractivity contribution is 5.70. The molecule has 9 atom stereocenters. The van der Waals surface area contributed by atoms with Gasteiger partial charge in [0.2, 0.25) is 0 Å². The average Bonchev–Trinajstić information content (AvgIpc) is 3.68. The van der Waals surface area contributed by atoms with Gasteiger partial charge in [-0.2, -0.15) is 0 Å². The third-order valence-electron chi connectivity index (χ3n) is 9.06. The van der Waals surface area contributed by atoms with Gasteiger partial charge >= 0.3 is 12.1 Å². The molecule has 1 unspecified atom stereocenters. The number of carbonyl (C=O) groups excluding carboxylic acids is 2. The van der Waals surface area contributed by atoms with Crippen molar-refractivity contribution in [1.29, 1.82) is 0 Å². The number of allylic oxidation sites excluding steroid dienone is 3. The number of ether oxygens (including phenoxy) is 5. The van der Waals surface area contributed by atoms with Gasteiger partial charge in [0.25, 0.3) is 0 Å². The summed E-state index contributed by atoms with van der Waals surface area (Å²) in [4.78, 5) is 26.9. The number of rotatable bonds is 12. The molecule has 1 amide bonds. The molecular formula is C32H54N2O7. The summed E-state index contributed by atoms with van der Waals surface area (Å²) in [5.74, 6) is 0.293. The zero-order valence-corrected chi connectivity index (χ0v) is 26.5. The summed E-state index contributed by atoms with van der Waals surface area (Å²) < 4.78 is 29.2. The monoisotopic (exact) mass is 578 g/mol. The van der Waals surface area contributed by atoms with E-state index in [1.54, 1.807) is 12.0 Å². The molecule has 3 fully saturated rings. The van der Waals surface area contributed by atoms with Crippen LogP contribution >= 0.6 is 0 Å². The normalized spacial score (nSPS) is 33.1. The van der Waals surface area contributed by atoms with Crippen molar-refractivity contribution in [2.45, 2.75) is 110 Å². The maximum absolute atomic E-state index is 13.0. The number of carbonyl (C=O) groups is 2. The zero-order chi connectivity index (χ0) is 30.2. The number of esters is 1. The number of nitrogens with zero attached hydrogens (tertiary/aromatic N) is 1. The highest BCUT2D eigenvalue weighted by atomic mass is 16.6. The summed E-state index contributed by atoms with van der Waals surface area (Å²) in [7, 11) is 3.15. The van der Waals surface area contributed by atoms with Crippen molar-refractivity contribution in [2.75, 3.05) is 40.4 Å².